The summed E-state index contributed by atoms with van der Waals surface area (Å²) in [4.78, 5) is 15.9. The molecule has 2 aliphatic rings. The number of hydrogen-bond acceptors (Lipinski definition) is 8. The summed E-state index contributed by atoms with van der Waals surface area (Å²) in [7, 11) is 0. The molecule has 3 aromatic rings. The largest absolute Gasteiger partial charge is 0.378 e. The molecular weight excluding hydrogens is 382 g/mol. The zero-order chi connectivity index (χ0) is 20.2. The number of pyridine rings is 1. The van der Waals surface area contributed by atoms with Crippen molar-refractivity contribution >= 4 is 17.5 Å². The van der Waals surface area contributed by atoms with Gasteiger partial charge < -0.3 is 24.4 Å². The minimum absolute atomic E-state index is 0.321. The van der Waals surface area contributed by atoms with Crippen molar-refractivity contribution in [3.63, 3.8) is 0 Å². The number of morpholine rings is 1. The van der Waals surface area contributed by atoms with Crippen molar-refractivity contribution in [2.24, 2.45) is 0 Å². The van der Waals surface area contributed by atoms with Gasteiger partial charge in [0.1, 0.15) is 5.82 Å². The molecule has 30 heavy (non-hydrogen) atoms. The summed E-state index contributed by atoms with van der Waals surface area (Å²) in [5.41, 5.74) is 3.67. The third-order valence-electron chi connectivity index (χ3n) is 5.02. The van der Waals surface area contributed by atoms with Gasteiger partial charge in [-0.25, -0.2) is 4.98 Å². The third-order valence-corrected chi connectivity index (χ3v) is 5.02. The van der Waals surface area contributed by atoms with E-state index in [0.29, 0.717) is 38.2 Å². The van der Waals surface area contributed by atoms with Crippen LogP contribution in [0.4, 0.5) is 17.5 Å². The van der Waals surface area contributed by atoms with Gasteiger partial charge in [-0.3, -0.25) is 4.98 Å². The quantitative estimate of drug-likeness (QED) is 0.693. The number of benzene rings is 1. The van der Waals surface area contributed by atoms with Gasteiger partial charge in [-0.05, 0) is 18.2 Å². The van der Waals surface area contributed by atoms with Gasteiger partial charge in [0.15, 0.2) is 6.29 Å². The molecule has 0 spiro atoms. The number of rotatable bonds is 5. The summed E-state index contributed by atoms with van der Waals surface area (Å²) in [5.74, 6) is 1.40. The third kappa shape index (κ3) is 4.25. The van der Waals surface area contributed by atoms with Crippen LogP contribution in [0.5, 0.6) is 0 Å². The minimum Gasteiger partial charge on any atom is -0.378 e. The normalized spacial score (nSPS) is 17.3. The molecular formula is C22H23N5O3. The summed E-state index contributed by atoms with van der Waals surface area (Å²) in [5, 5.41) is 3.34. The van der Waals surface area contributed by atoms with Crippen molar-refractivity contribution < 1.29 is 14.2 Å². The minimum atomic E-state index is -0.321. The Balaban J connectivity index is 1.51. The lowest BCUT2D eigenvalue weighted by Crippen LogP contribution is -2.37. The number of ether oxygens (including phenoxy) is 3. The maximum atomic E-state index is 5.66. The van der Waals surface area contributed by atoms with E-state index in [9.17, 15) is 0 Å². The van der Waals surface area contributed by atoms with E-state index in [2.05, 4.69) is 21.3 Å². The summed E-state index contributed by atoms with van der Waals surface area (Å²) in [6.07, 6.45) is 3.19. The van der Waals surface area contributed by atoms with Crippen LogP contribution < -0.4 is 10.2 Å². The topological polar surface area (TPSA) is 81.6 Å². The summed E-state index contributed by atoms with van der Waals surface area (Å²) in [6, 6.07) is 13.9. The van der Waals surface area contributed by atoms with Gasteiger partial charge in [-0.1, -0.05) is 18.2 Å². The molecule has 2 aromatic heterocycles. The lowest BCUT2D eigenvalue weighted by molar-refractivity contribution is -0.0440. The number of hydrogen-bond donors (Lipinski definition) is 1. The second kappa shape index (κ2) is 8.74. The molecule has 2 fully saturated rings. The monoisotopic (exact) mass is 405 g/mol. The first kappa shape index (κ1) is 18.9. The zero-order valence-corrected chi connectivity index (χ0v) is 16.5. The highest BCUT2D eigenvalue weighted by molar-refractivity contribution is 5.68. The highest BCUT2D eigenvalue weighted by Gasteiger charge is 2.20. The van der Waals surface area contributed by atoms with Crippen molar-refractivity contribution in [1.29, 1.82) is 0 Å². The Morgan fingerprint density at radius 1 is 0.933 bits per heavy atom. The smallest absolute Gasteiger partial charge is 0.228 e. The second-order valence-corrected chi connectivity index (χ2v) is 7.10. The number of anilines is 3. The summed E-state index contributed by atoms with van der Waals surface area (Å²) in [6.45, 7) is 4.10. The number of aromatic nitrogens is 3. The van der Waals surface area contributed by atoms with E-state index in [0.717, 1.165) is 35.6 Å². The number of nitrogens with one attached hydrogen (secondary N) is 1. The summed E-state index contributed by atoms with van der Waals surface area (Å²) < 4.78 is 16.8. The Kier molecular flexibility index (Phi) is 5.52. The van der Waals surface area contributed by atoms with Crippen molar-refractivity contribution in [2.75, 3.05) is 49.7 Å². The molecule has 1 aromatic carbocycles. The SMILES string of the molecule is c1cncc(Nc2cc(-c3cccc(C4OCCO4)c3)nc(N3CCOCC3)n2)c1. The molecule has 4 heterocycles. The molecule has 1 N–H and O–H groups in total. The molecule has 5 rings (SSSR count). The highest BCUT2D eigenvalue weighted by atomic mass is 16.7. The average Bonchev–Trinajstić information content (AvgIpc) is 3.35. The van der Waals surface area contributed by atoms with Crippen LogP contribution in [0.3, 0.4) is 0 Å². The molecule has 0 atom stereocenters. The second-order valence-electron chi connectivity index (χ2n) is 7.10. The van der Waals surface area contributed by atoms with E-state index < -0.39 is 0 Å². The van der Waals surface area contributed by atoms with E-state index >= 15 is 0 Å². The van der Waals surface area contributed by atoms with Gasteiger partial charge in [-0.2, -0.15) is 4.98 Å². The van der Waals surface area contributed by atoms with Gasteiger partial charge >= 0.3 is 0 Å². The van der Waals surface area contributed by atoms with Crippen LogP contribution in [0, 0.1) is 0 Å². The maximum absolute atomic E-state index is 5.66. The number of nitrogens with zero attached hydrogens (tertiary/aromatic N) is 4. The van der Waals surface area contributed by atoms with Gasteiger partial charge in [0.05, 0.1) is 44.0 Å². The zero-order valence-electron chi connectivity index (χ0n) is 16.5. The maximum Gasteiger partial charge on any atom is 0.228 e. The van der Waals surface area contributed by atoms with E-state index in [-0.39, 0.29) is 6.29 Å². The molecule has 0 amide bonds. The van der Waals surface area contributed by atoms with Crippen LogP contribution in [0.2, 0.25) is 0 Å². The van der Waals surface area contributed by atoms with Gasteiger partial charge in [0, 0.05) is 36.5 Å². The Morgan fingerprint density at radius 2 is 1.80 bits per heavy atom. The first-order valence-corrected chi connectivity index (χ1v) is 10.1. The van der Waals surface area contributed by atoms with E-state index in [1.165, 1.54) is 0 Å². The van der Waals surface area contributed by atoms with Gasteiger partial charge in [0.2, 0.25) is 5.95 Å². The lowest BCUT2D eigenvalue weighted by atomic mass is 10.1. The standard InChI is InChI=1S/C22H23N5O3/c1-3-16(13-17(4-1)21-29-11-12-30-21)19-14-20(24-18-5-2-6-23-15-18)26-22(25-19)27-7-9-28-10-8-27/h1-6,13-15,21H,7-12H2,(H,24,25,26). The van der Waals surface area contributed by atoms with Crippen molar-refractivity contribution in [2.45, 2.75) is 6.29 Å². The Morgan fingerprint density at radius 3 is 2.60 bits per heavy atom. The Hall–Kier alpha value is -3.07. The highest BCUT2D eigenvalue weighted by Crippen LogP contribution is 2.29. The molecule has 0 bridgehead atoms. The van der Waals surface area contributed by atoms with Crippen LogP contribution in [-0.4, -0.2) is 54.5 Å². The molecule has 0 saturated carbocycles. The van der Waals surface area contributed by atoms with Crippen LogP contribution in [-0.2, 0) is 14.2 Å². The Bertz CT molecular complexity index is 989. The van der Waals surface area contributed by atoms with E-state index in [1.807, 2.05) is 36.4 Å². The first-order chi connectivity index (χ1) is 14.8. The Labute approximate surface area is 174 Å². The molecule has 8 nitrogen and oxygen atoms in total. The van der Waals surface area contributed by atoms with Gasteiger partial charge in [-0.15, -0.1) is 0 Å². The molecule has 0 radical (unpaired) electrons. The van der Waals surface area contributed by atoms with Crippen LogP contribution in [0.15, 0.2) is 54.9 Å². The van der Waals surface area contributed by atoms with E-state index in [1.54, 1.807) is 12.4 Å². The predicted molar refractivity (Wildman–Crippen MR) is 113 cm³/mol. The van der Waals surface area contributed by atoms with Crippen LogP contribution >= 0.6 is 0 Å². The van der Waals surface area contributed by atoms with E-state index in [4.69, 9.17) is 24.2 Å². The predicted octanol–water partition coefficient (Wildman–Crippen LogP) is 3.16. The van der Waals surface area contributed by atoms with Crippen molar-refractivity contribution in [1.82, 2.24) is 15.0 Å². The average molecular weight is 405 g/mol. The molecule has 2 aliphatic heterocycles. The molecule has 154 valence electrons. The van der Waals surface area contributed by atoms with Crippen LogP contribution in [0.1, 0.15) is 11.9 Å². The fraction of sp³-hybridized carbons (Fsp3) is 0.318. The lowest BCUT2D eigenvalue weighted by Gasteiger charge is -2.27. The molecule has 0 unspecified atom stereocenters. The van der Waals surface area contributed by atoms with Crippen LogP contribution in [0.25, 0.3) is 11.3 Å². The first-order valence-electron chi connectivity index (χ1n) is 10.1. The van der Waals surface area contributed by atoms with Crippen molar-refractivity contribution in [3.8, 4) is 11.3 Å². The molecule has 0 aliphatic carbocycles. The summed E-state index contributed by atoms with van der Waals surface area (Å²) >= 11 is 0. The fourth-order valence-electron chi connectivity index (χ4n) is 3.53. The molecule has 8 heteroatoms. The van der Waals surface area contributed by atoms with Gasteiger partial charge in [0.25, 0.3) is 0 Å². The fourth-order valence-corrected chi connectivity index (χ4v) is 3.53. The molecule has 2 saturated heterocycles. The van der Waals surface area contributed by atoms with Crippen molar-refractivity contribution in [3.05, 3.63) is 60.4 Å².